The summed E-state index contributed by atoms with van der Waals surface area (Å²) in [4.78, 5) is 10.2. The number of carbonyl (C=O) groups is 1. The molecule has 0 aromatic rings. The zero-order valence-corrected chi connectivity index (χ0v) is 7.79. The first kappa shape index (κ1) is 9.72. The van der Waals surface area contributed by atoms with Crippen molar-refractivity contribution in [1.82, 2.24) is 0 Å². The summed E-state index contributed by atoms with van der Waals surface area (Å²) in [5, 5.41) is 0. The second-order valence-electron chi connectivity index (χ2n) is 3.48. The molecule has 1 saturated heterocycles. The molecule has 1 fully saturated rings. The second-order valence-corrected chi connectivity index (χ2v) is 3.48. The number of carbonyl (C=O) groups excluding carboxylic acids is 1. The predicted molar refractivity (Wildman–Crippen MR) is 48.1 cm³/mol. The SMILES string of the molecule is CCCCCCC[C@@H]1O[C@@H]1C=O. The number of epoxide rings is 1. The van der Waals surface area contributed by atoms with Crippen molar-refractivity contribution in [1.29, 1.82) is 0 Å². The Kier molecular flexibility index (Phi) is 4.30. The van der Waals surface area contributed by atoms with Crippen LogP contribution in [0.15, 0.2) is 0 Å². The lowest BCUT2D eigenvalue weighted by atomic mass is 10.1. The van der Waals surface area contributed by atoms with Crippen LogP contribution in [0.5, 0.6) is 0 Å². The van der Waals surface area contributed by atoms with Crippen molar-refractivity contribution in [3.63, 3.8) is 0 Å². The Morgan fingerprint density at radius 2 is 2.00 bits per heavy atom. The monoisotopic (exact) mass is 170 g/mol. The Hall–Kier alpha value is -0.370. The average molecular weight is 170 g/mol. The van der Waals surface area contributed by atoms with Gasteiger partial charge >= 0.3 is 0 Å². The third-order valence-electron chi connectivity index (χ3n) is 2.35. The van der Waals surface area contributed by atoms with Crippen LogP contribution in [0.25, 0.3) is 0 Å². The van der Waals surface area contributed by atoms with E-state index in [0.717, 1.165) is 12.7 Å². The van der Waals surface area contributed by atoms with E-state index < -0.39 is 0 Å². The molecule has 1 aliphatic heterocycles. The van der Waals surface area contributed by atoms with Gasteiger partial charge in [-0.05, 0) is 6.42 Å². The molecule has 0 bridgehead atoms. The van der Waals surface area contributed by atoms with Gasteiger partial charge in [-0.2, -0.15) is 0 Å². The summed E-state index contributed by atoms with van der Waals surface area (Å²) in [6, 6.07) is 0. The lowest BCUT2D eigenvalue weighted by Gasteiger charge is -1.96. The summed E-state index contributed by atoms with van der Waals surface area (Å²) in [6.07, 6.45) is 8.66. The minimum absolute atomic E-state index is 0.0591. The molecule has 0 unspecified atom stereocenters. The highest BCUT2D eigenvalue weighted by atomic mass is 16.6. The molecule has 2 nitrogen and oxygen atoms in total. The molecule has 1 rings (SSSR count). The van der Waals surface area contributed by atoms with E-state index in [0.29, 0.717) is 0 Å². The molecule has 0 radical (unpaired) electrons. The third-order valence-corrected chi connectivity index (χ3v) is 2.35. The Bertz CT molecular complexity index is 134. The molecule has 0 saturated carbocycles. The summed E-state index contributed by atoms with van der Waals surface area (Å²) in [6.45, 7) is 2.21. The number of aldehydes is 1. The van der Waals surface area contributed by atoms with Crippen molar-refractivity contribution in [2.24, 2.45) is 0 Å². The molecular formula is C10H18O2. The fourth-order valence-corrected chi connectivity index (χ4v) is 1.46. The van der Waals surface area contributed by atoms with Gasteiger partial charge < -0.3 is 9.53 Å². The van der Waals surface area contributed by atoms with Crippen LogP contribution in [0, 0.1) is 0 Å². The van der Waals surface area contributed by atoms with Crippen LogP contribution in [0.2, 0.25) is 0 Å². The molecule has 1 aliphatic rings. The van der Waals surface area contributed by atoms with E-state index in [4.69, 9.17) is 4.74 Å². The molecule has 2 heteroatoms. The van der Waals surface area contributed by atoms with Gasteiger partial charge in [0.2, 0.25) is 0 Å². The quantitative estimate of drug-likeness (QED) is 0.333. The molecule has 12 heavy (non-hydrogen) atoms. The Balaban J connectivity index is 1.81. The molecule has 0 aromatic heterocycles. The van der Waals surface area contributed by atoms with E-state index in [-0.39, 0.29) is 12.2 Å². The highest BCUT2D eigenvalue weighted by Crippen LogP contribution is 2.25. The zero-order valence-electron chi connectivity index (χ0n) is 7.79. The topological polar surface area (TPSA) is 29.6 Å². The van der Waals surface area contributed by atoms with Crippen LogP contribution >= 0.6 is 0 Å². The Labute approximate surface area is 74.3 Å². The summed E-state index contributed by atoms with van der Waals surface area (Å²) in [5.41, 5.74) is 0. The maximum Gasteiger partial charge on any atom is 0.151 e. The summed E-state index contributed by atoms with van der Waals surface area (Å²) < 4.78 is 5.10. The van der Waals surface area contributed by atoms with Crippen molar-refractivity contribution in [2.45, 2.75) is 57.7 Å². The minimum Gasteiger partial charge on any atom is -0.362 e. The molecule has 0 spiro atoms. The van der Waals surface area contributed by atoms with E-state index in [1.807, 2.05) is 0 Å². The van der Waals surface area contributed by atoms with Gasteiger partial charge in [0.05, 0.1) is 6.10 Å². The summed E-state index contributed by atoms with van der Waals surface area (Å²) in [5.74, 6) is 0. The number of ether oxygens (including phenoxy) is 1. The van der Waals surface area contributed by atoms with E-state index in [1.165, 1.54) is 32.1 Å². The van der Waals surface area contributed by atoms with Crippen molar-refractivity contribution in [3.8, 4) is 0 Å². The van der Waals surface area contributed by atoms with Crippen LogP contribution in [0.4, 0.5) is 0 Å². The first-order valence-corrected chi connectivity index (χ1v) is 4.99. The molecule has 2 atom stereocenters. The highest BCUT2D eigenvalue weighted by molar-refractivity contribution is 5.60. The van der Waals surface area contributed by atoms with Gasteiger partial charge in [-0.15, -0.1) is 0 Å². The van der Waals surface area contributed by atoms with Crippen LogP contribution in [-0.4, -0.2) is 18.5 Å². The van der Waals surface area contributed by atoms with Crippen LogP contribution in [0.1, 0.15) is 45.4 Å². The number of rotatable bonds is 7. The van der Waals surface area contributed by atoms with Crippen molar-refractivity contribution >= 4 is 6.29 Å². The first-order chi connectivity index (χ1) is 5.88. The molecular weight excluding hydrogens is 152 g/mol. The molecule has 0 aliphatic carbocycles. The van der Waals surface area contributed by atoms with Gasteiger partial charge in [-0.3, -0.25) is 0 Å². The normalized spacial score (nSPS) is 27.1. The van der Waals surface area contributed by atoms with Gasteiger partial charge in [0.15, 0.2) is 6.29 Å². The smallest absolute Gasteiger partial charge is 0.151 e. The fraction of sp³-hybridized carbons (Fsp3) is 0.900. The van der Waals surface area contributed by atoms with Crippen molar-refractivity contribution in [2.75, 3.05) is 0 Å². The largest absolute Gasteiger partial charge is 0.362 e. The molecule has 0 aromatic carbocycles. The van der Waals surface area contributed by atoms with Gasteiger partial charge in [-0.1, -0.05) is 39.0 Å². The number of hydrogen-bond acceptors (Lipinski definition) is 2. The minimum atomic E-state index is -0.0591. The van der Waals surface area contributed by atoms with Gasteiger partial charge in [0, 0.05) is 0 Å². The van der Waals surface area contributed by atoms with Crippen LogP contribution in [-0.2, 0) is 9.53 Å². The second kappa shape index (κ2) is 5.31. The first-order valence-electron chi connectivity index (χ1n) is 4.99. The Morgan fingerprint density at radius 1 is 1.25 bits per heavy atom. The van der Waals surface area contributed by atoms with Crippen LogP contribution in [0.3, 0.4) is 0 Å². The zero-order chi connectivity index (χ0) is 8.81. The maximum atomic E-state index is 10.2. The molecule has 1 heterocycles. The van der Waals surface area contributed by atoms with E-state index in [9.17, 15) is 4.79 Å². The molecule has 70 valence electrons. The van der Waals surface area contributed by atoms with Gasteiger partial charge in [0.1, 0.15) is 6.10 Å². The van der Waals surface area contributed by atoms with E-state index in [2.05, 4.69) is 6.92 Å². The molecule has 0 N–H and O–H groups in total. The fourth-order valence-electron chi connectivity index (χ4n) is 1.46. The van der Waals surface area contributed by atoms with E-state index in [1.54, 1.807) is 0 Å². The number of unbranched alkanes of at least 4 members (excludes halogenated alkanes) is 4. The van der Waals surface area contributed by atoms with Crippen LogP contribution < -0.4 is 0 Å². The van der Waals surface area contributed by atoms with Gasteiger partial charge in [-0.25, -0.2) is 0 Å². The van der Waals surface area contributed by atoms with Crippen molar-refractivity contribution < 1.29 is 9.53 Å². The summed E-state index contributed by atoms with van der Waals surface area (Å²) in [7, 11) is 0. The lowest BCUT2D eigenvalue weighted by Crippen LogP contribution is -1.94. The van der Waals surface area contributed by atoms with Crippen molar-refractivity contribution in [3.05, 3.63) is 0 Å². The third kappa shape index (κ3) is 3.35. The van der Waals surface area contributed by atoms with Gasteiger partial charge in [0.25, 0.3) is 0 Å². The maximum absolute atomic E-state index is 10.2. The Morgan fingerprint density at radius 3 is 2.58 bits per heavy atom. The summed E-state index contributed by atoms with van der Waals surface area (Å²) >= 11 is 0. The highest BCUT2D eigenvalue weighted by Gasteiger charge is 2.37. The average Bonchev–Trinajstić information content (AvgIpc) is 2.83. The lowest BCUT2D eigenvalue weighted by molar-refractivity contribution is -0.108. The van der Waals surface area contributed by atoms with E-state index >= 15 is 0 Å². The predicted octanol–water partition coefficient (Wildman–Crippen LogP) is 2.31. The number of hydrogen-bond donors (Lipinski definition) is 0. The standard InChI is InChI=1S/C10H18O2/c1-2-3-4-5-6-7-9-10(8-11)12-9/h8-10H,2-7H2,1H3/t9-,10+/m0/s1. The molecule has 0 amide bonds.